The minimum Gasteiger partial charge on any atom is -0.493 e. The number of aliphatic hydroxyl groups is 1. The zero-order chi connectivity index (χ0) is 33.8. The van der Waals surface area contributed by atoms with E-state index < -0.39 is 28.9 Å². The molecule has 3 aromatic rings. The van der Waals surface area contributed by atoms with Gasteiger partial charge < -0.3 is 19.5 Å². The summed E-state index contributed by atoms with van der Waals surface area (Å²) in [5.74, 6) is 1.13. The number of methoxy groups -OCH3 is 1. The number of likely N-dealkylation sites (tertiary alicyclic amines) is 1. The predicted octanol–water partition coefficient (Wildman–Crippen LogP) is 6.68. The maximum Gasteiger partial charge on any atom is 0.416 e. The molecule has 0 radical (unpaired) electrons. The Bertz CT molecular complexity index is 1710. The van der Waals surface area contributed by atoms with E-state index in [1.165, 1.54) is 23.8 Å². The highest BCUT2D eigenvalue weighted by molar-refractivity contribution is 5.92. The Kier molecular flexibility index (Phi) is 8.35. The molecule has 48 heavy (non-hydrogen) atoms. The highest BCUT2D eigenvalue weighted by Crippen LogP contribution is 2.66. The van der Waals surface area contributed by atoms with Crippen LogP contribution in [0.4, 0.5) is 13.2 Å². The molecule has 1 spiro atoms. The Morgan fingerprint density at radius 2 is 1.92 bits per heavy atom. The number of alkyl halides is 3. The van der Waals surface area contributed by atoms with Gasteiger partial charge in [-0.15, -0.1) is 0 Å². The second-order valence-corrected chi connectivity index (χ2v) is 14.3. The van der Waals surface area contributed by atoms with Gasteiger partial charge in [0, 0.05) is 30.8 Å². The average molecular weight is 661 g/mol. The third-order valence-corrected chi connectivity index (χ3v) is 11.2. The first-order chi connectivity index (χ1) is 23.0. The van der Waals surface area contributed by atoms with Gasteiger partial charge in [0.05, 0.1) is 29.7 Å². The van der Waals surface area contributed by atoms with E-state index in [2.05, 4.69) is 35.2 Å². The Labute approximate surface area is 280 Å². The molecule has 1 saturated carbocycles. The molecule has 2 heterocycles. The summed E-state index contributed by atoms with van der Waals surface area (Å²) in [6.07, 6.45) is 1.15. The molecule has 2 aliphatic carbocycles. The van der Waals surface area contributed by atoms with Gasteiger partial charge in [0.15, 0.2) is 11.5 Å². The van der Waals surface area contributed by atoms with Crippen molar-refractivity contribution in [3.63, 3.8) is 0 Å². The Balaban J connectivity index is 1.24. The zero-order valence-corrected chi connectivity index (χ0v) is 27.7. The number of carbonyl (C=O) groups excluding carboxylic acids is 1. The van der Waals surface area contributed by atoms with Crippen molar-refractivity contribution < 1.29 is 32.5 Å². The monoisotopic (exact) mass is 660 g/mol. The average Bonchev–Trinajstić information content (AvgIpc) is 3.42. The number of carbonyl (C=O) groups is 1. The van der Waals surface area contributed by atoms with Crippen LogP contribution in [0.3, 0.4) is 0 Å². The molecule has 1 N–H and O–H groups in total. The maximum atomic E-state index is 14.1. The number of piperidine rings is 1. The smallest absolute Gasteiger partial charge is 0.416 e. The number of halogens is 3. The topological polar surface area (TPSA) is 62.2 Å². The van der Waals surface area contributed by atoms with Crippen LogP contribution in [-0.2, 0) is 29.2 Å². The first-order valence-electron chi connectivity index (χ1n) is 17.0. The minimum absolute atomic E-state index is 0.107. The van der Waals surface area contributed by atoms with Crippen LogP contribution >= 0.6 is 0 Å². The van der Waals surface area contributed by atoms with Gasteiger partial charge in [-0.3, -0.25) is 9.69 Å². The van der Waals surface area contributed by atoms with Crippen LogP contribution in [0, 0.1) is 5.92 Å². The minimum atomic E-state index is -4.47. The second-order valence-electron chi connectivity index (χ2n) is 14.3. The molecule has 2 bridgehead atoms. The molecule has 5 atom stereocenters. The molecule has 9 heteroatoms. The molecule has 4 aliphatic rings. The fraction of sp³-hybridized carbons (Fsp3) is 0.462. The number of benzene rings is 3. The highest BCUT2D eigenvalue weighted by atomic mass is 19.4. The lowest BCUT2D eigenvalue weighted by Crippen LogP contribution is -2.78. The molecular weight excluding hydrogens is 617 g/mol. The number of nitrogens with zero attached hydrogens (tertiary/aromatic N) is 2. The summed E-state index contributed by atoms with van der Waals surface area (Å²) in [7, 11) is 1.62. The molecule has 0 unspecified atom stereocenters. The standard InChI is InChI=1S/C39H43F3N2O4/c1-25(2)24-44(33(45)15-12-27-10-7-11-29(22-27)39(40,41)42)30-16-18-38(46)32-23-28-13-14-31(47-3)35-34(28)37(38,36(30)48-35)19-21-43(32)20-17-26-8-5-4-6-9-26/h4-15,22,25,30,32,36,46H,16-21,23-24H2,1-3H3/t30-,32-,36+,37+,38-/m1/s1. The molecule has 2 aliphatic heterocycles. The first-order valence-corrected chi connectivity index (χ1v) is 17.0. The molecular formula is C39H43F3N2O4. The summed E-state index contributed by atoms with van der Waals surface area (Å²) >= 11 is 0. The summed E-state index contributed by atoms with van der Waals surface area (Å²) in [6.45, 7) is 6.15. The lowest BCUT2D eigenvalue weighted by atomic mass is 9.48. The van der Waals surface area contributed by atoms with Crippen LogP contribution in [-0.4, -0.2) is 71.3 Å². The van der Waals surface area contributed by atoms with Gasteiger partial charge in [-0.05, 0) is 85.5 Å². The van der Waals surface area contributed by atoms with Crippen molar-refractivity contribution in [3.8, 4) is 11.5 Å². The van der Waals surface area contributed by atoms with Gasteiger partial charge in [0.25, 0.3) is 0 Å². The number of rotatable bonds is 9. The predicted molar refractivity (Wildman–Crippen MR) is 178 cm³/mol. The molecule has 7 rings (SSSR count). The summed E-state index contributed by atoms with van der Waals surface area (Å²) in [5, 5.41) is 13.0. The summed E-state index contributed by atoms with van der Waals surface area (Å²) in [6, 6.07) is 19.0. The van der Waals surface area contributed by atoms with Crippen LogP contribution in [0.15, 0.2) is 72.8 Å². The third-order valence-electron chi connectivity index (χ3n) is 11.2. The van der Waals surface area contributed by atoms with Crippen molar-refractivity contribution in [2.75, 3.05) is 26.7 Å². The van der Waals surface area contributed by atoms with E-state index in [9.17, 15) is 23.1 Å². The van der Waals surface area contributed by atoms with E-state index in [-0.39, 0.29) is 23.9 Å². The fourth-order valence-electron chi connectivity index (χ4n) is 9.12. The number of ether oxygens (including phenoxy) is 2. The fourth-order valence-corrected chi connectivity index (χ4v) is 9.12. The van der Waals surface area contributed by atoms with E-state index in [1.807, 2.05) is 30.9 Å². The number of hydrogen-bond acceptors (Lipinski definition) is 5. The lowest BCUT2D eigenvalue weighted by Gasteiger charge is -2.65. The molecule has 3 aromatic carbocycles. The number of hydrogen-bond donors (Lipinski definition) is 1. The molecule has 1 saturated heterocycles. The van der Waals surface area contributed by atoms with E-state index in [0.29, 0.717) is 49.3 Å². The Morgan fingerprint density at radius 1 is 1.12 bits per heavy atom. The Morgan fingerprint density at radius 3 is 2.65 bits per heavy atom. The summed E-state index contributed by atoms with van der Waals surface area (Å²) < 4.78 is 52.8. The molecule has 6 nitrogen and oxygen atoms in total. The van der Waals surface area contributed by atoms with Crippen LogP contribution in [0.1, 0.15) is 60.9 Å². The molecule has 254 valence electrons. The highest BCUT2D eigenvalue weighted by Gasteiger charge is 2.73. The first kappa shape index (κ1) is 32.7. The van der Waals surface area contributed by atoms with Gasteiger partial charge in [0.2, 0.25) is 5.91 Å². The van der Waals surface area contributed by atoms with Crippen LogP contribution < -0.4 is 9.47 Å². The normalized spacial score (nSPS) is 27.5. The lowest BCUT2D eigenvalue weighted by molar-refractivity contribution is -0.201. The van der Waals surface area contributed by atoms with Crippen molar-refractivity contribution in [1.82, 2.24) is 9.80 Å². The van der Waals surface area contributed by atoms with Gasteiger partial charge >= 0.3 is 6.18 Å². The van der Waals surface area contributed by atoms with Crippen LogP contribution in [0.2, 0.25) is 0 Å². The summed E-state index contributed by atoms with van der Waals surface area (Å²) in [4.78, 5) is 18.4. The number of amides is 1. The van der Waals surface area contributed by atoms with E-state index in [4.69, 9.17) is 9.47 Å². The van der Waals surface area contributed by atoms with Gasteiger partial charge in [-0.1, -0.05) is 62.4 Å². The van der Waals surface area contributed by atoms with Crippen molar-refractivity contribution in [1.29, 1.82) is 0 Å². The van der Waals surface area contributed by atoms with Crippen molar-refractivity contribution >= 4 is 12.0 Å². The second kappa shape index (κ2) is 12.3. The van der Waals surface area contributed by atoms with Gasteiger partial charge in [0.1, 0.15) is 6.10 Å². The Hall–Kier alpha value is -3.82. The van der Waals surface area contributed by atoms with E-state index >= 15 is 0 Å². The van der Waals surface area contributed by atoms with Crippen LogP contribution in [0.25, 0.3) is 6.08 Å². The van der Waals surface area contributed by atoms with E-state index in [0.717, 1.165) is 42.8 Å². The van der Waals surface area contributed by atoms with Crippen molar-refractivity contribution in [3.05, 3.63) is 101 Å². The van der Waals surface area contributed by atoms with Crippen molar-refractivity contribution in [2.45, 2.75) is 81.3 Å². The quantitative estimate of drug-likeness (QED) is 0.260. The van der Waals surface area contributed by atoms with Crippen molar-refractivity contribution in [2.24, 2.45) is 5.92 Å². The maximum absolute atomic E-state index is 14.1. The molecule has 0 aromatic heterocycles. The van der Waals surface area contributed by atoms with Crippen LogP contribution in [0.5, 0.6) is 11.5 Å². The summed E-state index contributed by atoms with van der Waals surface area (Å²) in [5.41, 5.74) is 1.17. The third kappa shape index (κ3) is 5.30. The zero-order valence-electron chi connectivity index (χ0n) is 27.7. The van der Waals surface area contributed by atoms with Gasteiger partial charge in [-0.2, -0.15) is 13.2 Å². The molecule has 1 amide bonds. The SMILES string of the molecule is COc1ccc2c3c1O[C@H]1[C@H](N(CC(C)C)C(=O)C=Cc4cccc(C(F)(F)F)c4)CC[C@@]4(O)[C@@H](C2)N(CCc2ccccc2)CC[C@]314. The largest absolute Gasteiger partial charge is 0.493 e. The van der Waals surface area contributed by atoms with Gasteiger partial charge in [-0.25, -0.2) is 0 Å². The molecule has 2 fully saturated rings. The van der Waals surface area contributed by atoms with E-state index in [1.54, 1.807) is 13.2 Å².